The van der Waals surface area contributed by atoms with Crippen molar-refractivity contribution in [3.8, 4) is 11.8 Å². The Balaban J connectivity index is 1.85. The first-order valence-corrected chi connectivity index (χ1v) is 8.48. The number of hydrogen-bond donors (Lipinski definition) is 1. The van der Waals surface area contributed by atoms with Crippen molar-refractivity contribution in [3.05, 3.63) is 84.0 Å². The second-order valence-electron chi connectivity index (χ2n) is 6.07. The highest BCUT2D eigenvalue weighted by atomic mass is 16.5. The lowest BCUT2D eigenvalue weighted by Gasteiger charge is -2.26. The molecule has 2 aromatic carbocycles. The Labute approximate surface area is 148 Å². The van der Waals surface area contributed by atoms with E-state index in [0.717, 1.165) is 22.4 Å². The normalized spacial score (nSPS) is 19.1. The van der Waals surface area contributed by atoms with Gasteiger partial charge < -0.3 is 9.84 Å². The molecule has 0 bridgehead atoms. The van der Waals surface area contributed by atoms with Crippen LogP contribution >= 0.6 is 0 Å². The van der Waals surface area contributed by atoms with Gasteiger partial charge in [-0.25, -0.2) is 0 Å². The quantitative estimate of drug-likeness (QED) is 0.805. The summed E-state index contributed by atoms with van der Waals surface area (Å²) >= 11 is 0. The first-order chi connectivity index (χ1) is 12.3. The van der Waals surface area contributed by atoms with E-state index >= 15 is 0 Å². The minimum atomic E-state index is -0.614. The van der Waals surface area contributed by atoms with Gasteiger partial charge in [-0.2, -0.15) is 5.26 Å². The van der Waals surface area contributed by atoms with Crippen LogP contribution < -0.4 is 4.74 Å². The zero-order chi connectivity index (χ0) is 17.5. The zero-order valence-corrected chi connectivity index (χ0v) is 14.1. The van der Waals surface area contributed by atoms with Crippen LogP contribution in [0.25, 0.3) is 5.57 Å². The fourth-order valence-corrected chi connectivity index (χ4v) is 3.01. The fraction of sp³-hybridized carbons (Fsp3) is 0.227. The Kier molecular flexibility index (Phi) is 5.33. The molecule has 0 saturated heterocycles. The zero-order valence-electron chi connectivity index (χ0n) is 14.1. The Morgan fingerprint density at radius 1 is 1.08 bits per heavy atom. The molecule has 2 aromatic rings. The number of ether oxygens (including phenoxy) is 1. The largest absolute Gasteiger partial charge is 0.493 e. The lowest BCUT2D eigenvalue weighted by Crippen LogP contribution is -2.22. The summed E-state index contributed by atoms with van der Waals surface area (Å²) in [4.78, 5) is 0. The summed E-state index contributed by atoms with van der Waals surface area (Å²) in [5.74, 6) is 0.802. The topological polar surface area (TPSA) is 53.2 Å². The summed E-state index contributed by atoms with van der Waals surface area (Å²) in [6, 6.07) is 20.2. The number of rotatable bonds is 6. The molecule has 0 aromatic heterocycles. The molecule has 3 nitrogen and oxygen atoms in total. The van der Waals surface area contributed by atoms with Crippen molar-refractivity contribution in [1.29, 1.82) is 5.26 Å². The van der Waals surface area contributed by atoms with E-state index in [9.17, 15) is 5.26 Å². The number of nitriles is 1. The third-order valence-electron chi connectivity index (χ3n) is 4.44. The molecule has 0 aliphatic heterocycles. The molecule has 1 aliphatic carbocycles. The summed E-state index contributed by atoms with van der Waals surface area (Å²) in [5, 5.41) is 18.7. The molecule has 1 aliphatic rings. The van der Waals surface area contributed by atoms with Crippen LogP contribution in [0.5, 0.6) is 5.75 Å². The van der Waals surface area contributed by atoms with Crippen molar-refractivity contribution < 1.29 is 9.84 Å². The lowest BCUT2D eigenvalue weighted by molar-refractivity contribution is 0.233. The molecule has 1 N–H and O–H groups in total. The van der Waals surface area contributed by atoms with Crippen LogP contribution in [0.4, 0.5) is 0 Å². The highest BCUT2D eigenvalue weighted by Gasteiger charge is 2.30. The minimum absolute atomic E-state index is 0.118. The molecule has 126 valence electrons. The van der Waals surface area contributed by atoms with Crippen LogP contribution in [0.1, 0.15) is 24.0 Å². The van der Waals surface area contributed by atoms with E-state index in [-0.39, 0.29) is 6.61 Å². The van der Waals surface area contributed by atoms with E-state index in [4.69, 9.17) is 9.84 Å². The monoisotopic (exact) mass is 331 g/mol. The molecule has 3 rings (SSSR count). The van der Waals surface area contributed by atoms with Crippen molar-refractivity contribution in [3.63, 3.8) is 0 Å². The van der Waals surface area contributed by atoms with E-state index in [1.807, 2.05) is 66.7 Å². The number of aliphatic hydroxyl groups is 1. The van der Waals surface area contributed by atoms with E-state index in [1.165, 1.54) is 0 Å². The Morgan fingerprint density at radius 2 is 1.84 bits per heavy atom. The summed E-state index contributed by atoms with van der Waals surface area (Å²) in [6.07, 6.45) is 7.33. The summed E-state index contributed by atoms with van der Waals surface area (Å²) in [6.45, 7) is 0.600. The van der Waals surface area contributed by atoms with Gasteiger partial charge in [0, 0.05) is 18.6 Å². The van der Waals surface area contributed by atoms with Crippen molar-refractivity contribution >= 4 is 5.57 Å². The Hall–Kier alpha value is -2.83. The molecule has 0 amide bonds. The number of para-hydroxylation sites is 1. The second kappa shape index (κ2) is 7.83. The van der Waals surface area contributed by atoms with Gasteiger partial charge in [-0.3, -0.25) is 0 Å². The molecule has 1 atom stereocenters. The van der Waals surface area contributed by atoms with E-state index in [2.05, 4.69) is 12.1 Å². The highest BCUT2D eigenvalue weighted by Crippen LogP contribution is 2.38. The maximum absolute atomic E-state index is 9.77. The molecule has 3 heteroatoms. The average molecular weight is 331 g/mol. The van der Waals surface area contributed by atoms with Gasteiger partial charge in [-0.1, -0.05) is 66.8 Å². The highest BCUT2D eigenvalue weighted by molar-refractivity contribution is 5.79. The summed E-state index contributed by atoms with van der Waals surface area (Å²) < 4.78 is 5.79. The number of aliphatic hydroxyl groups excluding tert-OH is 1. The van der Waals surface area contributed by atoms with Crippen LogP contribution in [0.15, 0.2) is 72.8 Å². The van der Waals surface area contributed by atoms with Gasteiger partial charge in [0.2, 0.25) is 0 Å². The van der Waals surface area contributed by atoms with E-state index < -0.39 is 5.41 Å². The molecular weight excluding hydrogens is 310 g/mol. The van der Waals surface area contributed by atoms with Crippen LogP contribution in [0, 0.1) is 11.3 Å². The number of benzene rings is 2. The summed E-state index contributed by atoms with van der Waals surface area (Å²) in [5.41, 5.74) is 2.46. The van der Waals surface area contributed by atoms with Gasteiger partial charge in [0.05, 0.1) is 12.7 Å². The first kappa shape index (κ1) is 17.0. The van der Waals surface area contributed by atoms with Crippen molar-refractivity contribution in [1.82, 2.24) is 0 Å². The molecule has 0 spiro atoms. The predicted molar refractivity (Wildman–Crippen MR) is 99.1 cm³/mol. The lowest BCUT2D eigenvalue weighted by atomic mass is 9.75. The fourth-order valence-electron chi connectivity index (χ4n) is 3.01. The van der Waals surface area contributed by atoms with Gasteiger partial charge in [0.1, 0.15) is 11.2 Å². The van der Waals surface area contributed by atoms with Crippen LogP contribution in [-0.2, 0) is 5.41 Å². The second-order valence-corrected chi connectivity index (χ2v) is 6.07. The average Bonchev–Trinajstić information content (AvgIpc) is 2.69. The van der Waals surface area contributed by atoms with Gasteiger partial charge >= 0.3 is 0 Å². The first-order valence-electron chi connectivity index (χ1n) is 8.48. The Bertz CT molecular complexity index is 817. The van der Waals surface area contributed by atoms with Crippen LogP contribution in [0.2, 0.25) is 0 Å². The van der Waals surface area contributed by atoms with Crippen molar-refractivity contribution in [2.75, 3.05) is 13.2 Å². The number of nitrogens with zero attached hydrogens (tertiary/aromatic N) is 1. The predicted octanol–water partition coefficient (Wildman–Crippen LogP) is 4.25. The Morgan fingerprint density at radius 3 is 2.52 bits per heavy atom. The number of allylic oxidation sites excluding steroid dienone is 4. The molecule has 0 fully saturated rings. The van der Waals surface area contributed by atoms with Crippen LogP contribution in [-0.4, -0.2) is 18.3 Å². The van der Waals surface area contributed by atoms with Gasteiger partial charge in [-0.15, -0.1) is 0 Å². The standard InChI is InChI=1S/C22H21NO2/c23-17-22(19-7-2-1-3-8-19)13-11-18(12-14-22)20-9-4-5-10-21(20)25-16-6-15-24/h1-5,7-13,24H,6,14-16H2. The maximum Gasteiger partial charge on any atom is 0.127 e. The minimum Gasteiger partial charge on any atom is -0.493 e. The maximum atomic E-state index is 9.77. The molecule has 0 heterocycles. The van der Waals surface area contributed by atoms with E-state index in [1.54, 1.807) is 0 Å². The van der Waals surface area contributed by atoms with Crippen LogP contribution in [0.3, 0.4) is 0 Å². The van der Waals surface area contributed by atoms with Crippen molar-refractivity contribution in [2.45, 2.75) is 18.3 Å². The summed E-state index contributed by atoms with van der Waals surface area (Å²) in [7, 11) is 0. The third kappa shape index (κ3) is 3.65. The smallest absolute Gasteiger partial charge is 0.127 e. The van der Waals surface area contributed by atoms with Gasteiger partial charge in [0.25, 0.3) is 0 Å². The molecular formula is C22H21NO2. The number of hydrogen-bond acceptors (Lipinski definition) is 3. The third-order valence-corrected chi connectivity index (χ3v) is 4.44. The van der Waals surface area contributed by atoms with Gasteiger partial charge in [-0.05, 0) is 23.6 Å². The molecule has 1 unspecified atom stereocenters. The van der Waals surface area contributed by atoms with Crippen molar-refractivity contribution in [2.24, 2.45) is 0 Å². The van der Waals surface area contributed by atoms with Gasteiger partial charge in [0.15, 0.2) is 0 Å². The molecule has 0 radical (unpaired) electrons. The SMILES string of the molecule is N#CC1(c2ccccc2)C=CC(c2ccccc2OCCCO)=CC1. The molecule has 0 saturated carbocycles. The van der Waals surface area contributed by atoms with E-state index in [0.29, 0.717) is 19.4 Å². The molecule has 25 heavy (non-hydrogen) atoms.